The molecule has 0 bridgehead atoms. The Hall–Kier alpha value is -5.38. The molecule has 0 fully saturated rings. The van der Waals surface area contributed by atoms with E-state index in [1.807, 2.05) is 24.3 Å². The second-order valence-corrected chi connectivity index (χ2v) is 14.5. The summed E-state index contributed by atoms with van der Waals surface area (Å²) in [5.74, 6) is -1.23. The molecule has 5 aromatic carbocycles. The number of rotatable bonds is 16. The molecule has 0 aliphatic rings. The average molecular weight is 718 g/mol. The largest absolute Gasteiger partial charge is 0.486 e. The van der Waals surface area contributed by atoms with Gasteiger partial charge in [0.25, 0.3) is 5.70 Å². The Labute approximate surface area is 318 Å². The Morgan fingerprint density at radius 3 is 1.62 bits per heavy atom. The van der Waals surface area contributed by atoms with Crippen LogP contribution in [0.2, 0.25) is 0 Å². The molecule has 0 aliphatic carbocycles. The summed E-state index contributed by atoms with van der Waals surface area (Å²) < 4.78 is 9.73. The Bertz CT molecular complexity index is 2170. The molecule has 0 saturated carbocycles. The molecule has 1 heterocycles. The van der Waals surface area contributed by atoms with Gasteiger partial charge >= 0.3 is 5.97 Å². The molecule has 6 aromatic rings. The summed E-state index contributed by atoms with van der Waals surface area (Å²) >= 11 is 1.21. The normalized spacial score (nSPS) is 11.5. The number of nitrogens with zero attached hydrogens (tertiary/aromatic N) is 3. The van der Waals surface area contributed by atoms with Crippen LogP contribution in [0.5, 0.6) is 0 Å². The zero-order valence-corrected chi connectivity index (χ0v) is 31.8. The highest BCUT2D eigenvalue weighted by Gasteiger charge is 2.21. The van der Waals surface area contributed by atoms with Crippen molar-refractivity contribution < 1.29 is 9.90 Å². The molecular weight excluding hydrogens is 671 g/mol. The number of hydrogen-bond donors (Lipinski definition) is 1. The molecule has 0 aliphatic heterocycles. The van der Waals surface area contributed by atoms with Gasteiger partial charge in [-0.3, -0.25) is 4.79 Å². The van der Waals surface area contributed by atoms with E-state index in [0.29, 0.717) is 5.56 Å². The monoisotopic (exact) mass is 717 g/mol. The third-order valence-electron chi connectivity index (χ3n) is 10.00. The van der Waals surface area contributed by atoms with Gasteiger partial charge in [-0.1, -0.05) is 149 Å². The second-order valence-electron chi connectivity index (χ2n) is 13.9. The first-order chi connectivity index (χ1) is 25.9. The number of aliphatic carboxylic acids is 1. The summed E-state index contributed by atoms with van der Waals surface area (Å²) in [4.78, 5) is 14.5. The summed E-state index contributed by atoms with van der Waals surface area (Å²) in [7, 11) is 0. The van der Waals surface area contributed by atoms with Gasteiger partial charge in [0.05, 0.1) is 18.3 Å². The van der Waals surface area contributed by atoms with Gasteiger partial charge in [-0.05, 0) is 94.3 Å². The summed E-state index contributed by atoms with van der Waals surface area (Å²) in [6, 6.07) is 34.7. The lowest BCUT2D eigenvalue weighted by molar-refractivity contribution is -0.132. The zero-order valence-electron chi connectivity index (χ0n) is 31.0. The maximum atomic E-state index is 11.4. The van der Waals surface area contributed by atoms with E-state index in [4.69, 9.17) is 15.3 Å². The number of hydrogen-bond acceptors (Lipinski definition) is 4. The van der Waals surface area contributed by atoms with Crippen molar-refractivity contribution in [3.8, 4) is 44.5 Å². The number of aromatic nitrogens is 2. The fourth-order valence-electron chi connectivity index (χ4n) is 7.11. The lowest BCUT2D eigenvalue weighted by Gasteiger charge is -2.19. The van der Waals surface area contributed by atoms with E-state index < -0.39 is 5.97 Å². The predicted octanol–water partition coefficient (Wildman–Crippen LogP) is 13.3. The van der Waals surface area contributed by atoms with Crippen LogP contribution >= 0.6 is 11.7 Å². The summed E-state index contributed by atoms with van der Waals surface area (Å²) in [5, 5.41) is 9.30. The van der Waals surface area contributed by atoms with E-state index in [1.165, 1.54) is 108 Å². The Morgan fingerprint density at radius 1 is 0.660 bits per heavy atom. The molecule has 0 unspecified atom stereocenters. The highest BCUT2D eigenvalue weighted by molar-refractivity contribution is 7.00. The maximum absolute atomic E-state index is 11.4. The molecule has 6 heteroatoms. The molecule has 0 saturated heterocycles. The zero-order chi connectivity index (χ0) is 37.2. The minimum absolute atomic E-state index is 0.318. The van der Waals surface area contributed by atoms with Crippen LogP contribution in [0.25, 0.3) is 66.5 Å². The van der Waals surface area contributed by atoms with Gasteiger partial charge in [0.2, 0.25) is 0 Å². The number of aryl methyl sites for hydroxylation is 3. The minimum atomic E-state index is -1.23. The number of carboxylic acids is 1. The molecule has 53 heavy (non-hydrogen) atoms. The van der Waals surface area contributed by atoms with Crippen molar-refractivity contribution in [1.82, 2.24) is 8.75 Å². The van der Waals surface area contributed by atoms with E-state index in [1.54, 1.807) is 0 Å². The second kappa shape index (κ2) is 17.9. The number of carbonyl (C=O) groups is 1. The van der Waals surface area contributed by atoms with Gasteiger partial charge in [-0.2, -0.15) is 8.75 Å². The first-order valence-corrected chi connectivity index (χ1v) is 19.6. The van der Waals surface area contributed by atoms with E-state index in [0.717, 1.165) is 46.1 Å². The van der Waals surface area contributed by atoms with Gasteiger partial charge in [-0.25, -0.2) is 4.85 Å². The number of carboxylic acid groups (broad SMARTS) is 1. The van der Waals surface area contributed by atoms with Crippen LogP contribution in [0.15, 0.2) is 103 Å². The highest BCUT2D eigenvalue weighted by Crippen LogP contribution is 2.45. The first-order valence-electron chi connectivity index (χ1n) is 18.9. The smallest absolute Gasteiger partial charge is 0.333 e. The van der Waals surface area contributed by atoms with Crippen LogP contribution < -0.4 is 0 Å². The molecular formula is C47H47N3O2S. The number of benzene rings is 5. The Morgan fingerprint density at radius 2 is 1.13 bits per heavy atom. The number of fused-ring (bicyclic) bond motifs is 1. The summed E-state index contributed by atoms with van der Waals surface area (Å²) in [5.41, 5.74) is 14.7. The molecule has 0 atom stereocenters. The van der Waals surface area contributed by atoms with Gasteiger partial charge in [0.15, 0.2) is 0 Å². The van der Waals surface area contributed by atoms with Crippen LogP contribution in [-0.4, -0.2) is 19.8 Å². The Kier molecular flexibility index (Phi) is 12.6. The average Bonchev–Trinajstić information content (AvgIpc) is 3.68. The van der Waals surface area contributed by atoms with Crippen molar-refractivity contribution in [2.24, 2.45) is 0 Å². The molecule has 268 valence electrons. The summed E-state index contributed by atoms with van der Waals surface area (Å²) in [6.07, 6.45) is 13.6. The third kappa shape index (κ3) is 8.99. The van der Waals surface area contributed by atoms with Crippen molar-refractivity contribution in [3.05, 3.63) is 136 Å². The van der Waals surface area contributed by atoms with Gasteiger partial charge in [0, 0.05) is 11.1 Å². The first kappa shape index (κ1) is 37.4. The molecule has 0 spiro atoms. The van der Waals surface area contributed by atoms with Crippen LogP contribution in [0.4, 0.5) is 0 Å². The molecule has 0 amide bonds. The maximum Gasteiger partial charge on any atom is 0.333 e. The molecule has 1 N–H and O–H groups in total. The molecule has 0 radical (unpaired) electrons. The topological polar surface area (TPSA) is 67.4 Å². The molecule has 5 nitrogen and oxygen atoms in total. The van der Waals surface area contributed by atoms with E-state index >= 15 is 0 Å². The van der Waals surface area contributed by atoms with Gasteiger partial charge in [0.1, 0.15) is 11.0 Å². The van der Waals surface area contributed by atoms with Crippen molar-refractivity contribution in [1.29, 1.82) is 0 Å². The lowest BCUT2D eigenvalue weighted by atomic mass is 9.84. The Balaban J connectivity index is 1.45. The standard InChI is InChI=1S/C47H47N3O2S/c1-5-7-9-11-13-33-15-21-37(22-16-33)41-29-32(3)30-42(38-23-17-34(18-24-38)14-12-10-8-6-2)44(41)40-28-27-39(45-46(40)50-53-49-45)36-25-19-35(20-26-36)31-43(48-4)47(51)52/h15-31H,5-14H2,1-3H3,(H,51,52)/b43-31-. The fraction of sp³-hybridized carbons (Fsp3) is 0.277. The van der Waals surface area contributed by atoms with Gasteiger partial charge in [-0.15, -0.1) is 0 Å². The van der Waals surface area contributed by atoms with Crippen molar-refractivity contribution in [3.63, 3.8) is 0 Å². The van der Waals surface area contributed by atoms with E-state index in [-0.39, 0.29) is 5.70 Å². The van der Waals surface area contributed by atoms with Crippen LogP contribution in [0.3, 0.4) is 0 Å². The van der Waals surface area contributed by atoms with Crippen LogP contribution in [0, 0.1) is 13.5 Å². The highest BCUT2D eigenvalue weighted by atomic mass is 32.1. The van der Waals surface area contributed by atoms with E-state index in [9.17, 15) is 9.90 Å². The minimum Gasteiger partial charge on any atom is -0.486 e. The predicted molar refractivity (Wildman–Crippen MR) is 222 cm³/mol. The van der Waals surface area contributed by atoms with Crippen molar-refractivity contribution in [2.75, 3.05) is 0 Å². The third-order valence-corrected chi connectivity index (χ3v) is 10.5. The number of unbranched alkanes of at least 4 members (excludes halogenated alkanes) is 6. The molecule has 1 aromatic heterocycles. The fourth-order valence-corrected chi connectivity index (χ4v) is 7.68. The van der Waals surface area contributed by atoms with Crippen molar-refractivity contribution in [2.45, 2.75) is 85.0 Å². The SMILES string of the molecule is [C-]#[N+]/C(=C\c1ccc(-c2ccc(-c3c(-c4ccc(CCCCCC)cc4)cc(C)cc3-c3ccc(CCCCCC)cc3)c3nsnc23)cc1)C(=O)O. The quantitative estimate of drug-likeness (QED) is 0.0615. The van der Waals surface area contributed by atoms with Crippen LogP contribution in [0.1, 0.15) is 87.5 Å². The lowest BCUT2D eigenvalue weighted by Crippen LogP contribution is -1.96. The van der Waals surface area contributed by atoms with Crippen molar-refractivity contribution >= 4 is 34.8 Å². The van der Waals surface area contributed by atoms with E-state index in [2.05, 4.69) is 98.4 Å². The van der Waals surface area contributed by atoms with Gasteiger partial charge < -0.3 is 5.11 Å². The summed E-state index contributed by atoms with van der Waals surface area (Å²) in [6.45, 7) is 13.9. The molecule has 6 rings (SSSR count). The van der Waals surface area contributed by atoms with Crippen LogP contribution in [-0.2, 0) is 17.6 Å².